The molecule has 2 aromatic heterocycles. The molecule has 0 unspecified atom stereocenters. The number of hydrogen-bond donors (Lipinski definition) is 2. The van der Waals surface area contributed by atoms with Gasteiger partial charge in [-0.25, -0.2) is 5.84 Å². The molecular weight excluding hydrogens is 200 g/mol. The zero-order chi connectivity index (χ0) is 9.97. The Balaban J connectivity index is 2.18. The highest BCUT2D eigenvalue weighted by molar-refractivity contribution is 7.10. The van der Waals surface area contributed by atoms with Crippen LogP contribution in [-0.2, 0) is 6.54 Å². The lowest BCUT2D eigenvalue weighted by Gasteiger charge is -1.99. The summed E-state index contributed by atoms with van der Waals surface area (Å²) in [6, 6.07) is 1.94. The van der Waals surface area contributed by atoms with Gasteiger partial charge < -0.3 is 5.43 Å². The van der Waals surface area contributed by atoms with Gasteiger partial charge in [0, 0.05) is 17.7 Å². The highest BCUT2D eigenvalue weighted by atomic mass is 32.1. The van der Waals surface area contributed by atoms with Crippen molar-refractivity contribution in [1.82, 2.24) is 19.4 Å². The first-order valence-electron chi connectivity index (χ1n) is 4.07. The van der Waals surface area contributed by atoms with Crippen LogP contribution in [-0.4, -0.2) is 19.4 Å². The second kappa shape index (κ2) is 3.72. The fraction of sp³-hybridized carbons (Fsp3) is 0.286. The van der Waals surface area contributed by atoms with Gasteiger partial charge in [-0.2, -0.15) is 5.10 Å². The number of anilines is 1. The lowest BCUT2D eigenvalue weighted by Crippen LogP contribution is -2.09. The van der Waals surface area contributed by atoms with E-state index >= 15 is 0 Å². The van der Waals surface area contributed by atoms with Gasteiger partial charge in [0.1, 0.15) is 10.7 Å². The molecule has 0 fully saturated rings. The molecule has 0 bridgehead atoms. The molecule has 0 aliphatic heterocycles. The molecule has 0 aromatic carbocycles. The summed E-state index contributed by atoms with van der Waals surface area (Å²) in [5.41, 5.74) is 4.34. The summed E-state index contributed by atoms with van der Waals surface area (Å²) < 4.78 is 5.60. The van der Waals surface area contributed by atoms with Crippen LogP contribution in [0.25, 0.3) is 0 Å². The van der Waals surface area contributed by atoms with E-state index in [0.717, 1.165) is 16.4 Å². The number of nitrogen functional groups attached to an aromatic ring is 1. The zero-order valence-electron chi connectivity index (χ0n) is 7.64. The number of aromatic nitrogens is 4. The van der Waals surface area contributed by atoms with Crippen LogP contribution in [0.5, 0.6) is 0 Å². The quantitative estimate of drug-likeness (QED) is 0.565. The van der Waals surface area contributed by atoms with Crippen molar-refractivity contribution in [1.29, 1.82) is 0 Å². The average molecular weight is 210 g/mol. The second-order valence-corrected chi connectivity index (χ2v) is 3.60. The van der Waals surface area contributed by atoms with Crippen LogP contribution in [0.1, 0.15) is 11.4 Å². The third kappa shape index (κ3) is 1.73. The summed E-state index contributed by atoms with van der Waals surface area (Å²) in [5.74, 6) is 5.30. The predicted octanol–water partition coefficient (Wildman–Crippen LogP) is 0.377. The molecule has 2 heterocycles. The Labute approximate surface area is 84.9 Å². The van der Waals surface area contributed by atoms with Crippen molar-refractivity contribution in [3.05, 3.63) is 23.7 Å². The number of nitrogens with zero attached hydrogens (tertiary/aromatic N) is 4. The van der Waals surface area contributed by atoms with E-state index < -0.39 is 0 Å². The molecule has 6 nitrogen and oxygen atoms in total. The van der Waals surface area contributed by atoms with Crippen LogP contribution in [0.4, 0.5) is 5.00 Å². The molecule has 2 aromatic rings. The molecule has 2 rings (SSSR count). The number of nitrogens with one attached hydrogen (secondary N) is 1. The number of rotatable bonds is 3. The predicted molar refractivity (Wildman–Crippen MR) is 53.8 cm³/mol. The summed E-state index contributed by atoms with van der Waals surface area (Å²) in [5, 5.41) is 8.98. The first-order valence-corrected chi connectivity index (χ1v) is 4.85. The van der Waals surface area contributed by atoms with Crippen molar-refractivity contribution in [2.24, 2.45) is 5.84 Å². The lowest BCUT2D eigenvalue weighted by molar-refractivity contribution is 0.665. The van der Waals surface area contributed by atoms with Gasteiger partial charge in [-0.3, -0.25) is 4.68 Å². The SMILES string of the molecule is Cc1ccn(Cc2nnsc2NN)n1. The van der Waals surface area contributed by atoms with E-state index in [-0.39, 0.29) is 0 Å². The molecule has 0 saturated carbocycles. The van der Waals surface area contributed by atoms with Crippen molar-refractivity contribution < 1.29 is 0 Å². The fourth-order valence-electron chi connectivity index (χ4n) is 1.13. The summed E-state index contributed by atoms with van der Waals surface area (Å²) in [7, 11) is 0. The summed E-state index contributed by atoms with van der Waals surface area (Å²) in [6.45, 7) is 2.53. The summed E-state index contributed by atoms with van der Waals surface area (Å²) >= 11 is 1.24. The van der Waals surface area contributed by atoms with Crippen molar-refractivity contribution >= 4 is 16.5 Å². The molecule has 7 heteroatoms. The maximum absolute atomic E-state index is 5.30. The second-order valence-electron chi connectivity index (χ2n) is 2.85. The molecule has 14 heavy (non-hydrogen) atoms. The maximum atomic E-state index is 5.30. The van der Waals surface area contributed by atoms with Gasteiger partial charge in [0.15, 0.2) is 0 Å². The number of hydrazine groups is 1. The molecule has 74 valence electrons. The first kappa shape index (κ1) is 9.10. The van der Waals surface area contributed by atoms with E-state index in [1.807, 2.05) is 19.2 Å². The Kier molecular flexibility index (Phi) is 2.42. The molecule has 0 radical (unpaired) electrons. The zero-order valence-corrected chi connectivity index (χ0v) is 8.45. The Hall–Kier alpha value is -1.47. The van der Waals surface area contributed by atoms with Crippen LogP contribution in [0, 0.1) is 6.92 Å². The van der Waals surface area contributed by atoms with Gasteiger partial charge in [-0.15, -0.1) is 5.10 Å². The summed E-state index contributed by atoms with van der Waals surface area (Å²) in [4.78, 5) is 0. The molecule has 3 N–H and O–H groups in total. The van der Waals surface area contributed by atoms with E-state index in [9.17, 15) is 0 Å². The standard InChI is InChI=1S/C7H10N6S/c1-5-2-3-13(11-5)4-6-7(9-8)14-12-10-6/h2-3,9H,4,8H2,1H3. The largest absolute Gasteiger partial charge is 0.313 e. The van der Waals surface area contributed by atoms with Crippen LogP contribution >= 0.6 is 11.5 Å². The molecule has 0 saturated heterocycles. The van der Waals surface area contributed by atoms with Gasteiger partial charge in [0.05, 0.1) is 12.2 Å². The van der Waals surface area contributed by atoms with Gasteiger partial charge in [0.25, 0.3) is 0 Å². The lowest BCUT2D eigenvalue weighted by atomic mass is 10.4. The topological polar surface area (TPSA) is 81.7 Å². The van der Waals surface area contributed by atoms with Gasteiger partial charge in [-0.1, -0.05) is 4.49 Å². The van der Waals surface area contributed by atoms with Crippen LogP contribution in [0.15, 0.2) is 12.3 Å². The fourth-order valence-corrected chi connectivity index (χ4v) is 1.61. The van der Waals surface area contributed by atoms with Crippen molar-refractivity contribution in [3.8, 4) is 0 Å². The highest BCUT2D eigenvalue weighted by Crippen LogP contribution is 2.16. The molecule has 0 aliphatic rings. The molecular formula is C7H10N6S. The Bertz CT molecular complexity index is 419. The van der Waals surface area contributed by atoms with Crippen molar-refractivity contribution in [2.45, 2.75) is 13.5 Å². The minimum Gasteiger partial charge on any atom is -0.313 e. The molecule has 0 atom stereocenters. The van der Waals surface area contributed by atoms with Crippen LogP contribution < -0.4 is 11.3 Å². The third-order valence-electron chi connectivity index (χ3n) is 1.77. The first-order chi connectivity index (χ1) is 6.79. The minimum absolute atomic E-state index is 0.587. The van der Waals surface area contributed by atoms with Crippen LogP contribution in [0.3, 0.4) is 0 Å². The number of nitrogens with two attached hydrogens (primary N) is 1. The van der Waals surface area contributed by atoms with Gasteiger partial charge >= 0.3 is 0 Å². The van der Waals surface area contributed by atoms with Crippen LogP contribution in [0.2, 0.25) is 0 Å². The van der Waals surface area contributed by atoms with E-state index in [1.165, 1.54) is 11.5 Å². The number of aryl methyl sites for hydroxylation is 1. The maximum Gasteiger partial charge on any atom is 0.149 e. The highest BCUT2D eigenvalue weighted by Gasteiger charge is 2.07. The molecule has 0 amide bonds. The van der Waals surface area contributed by atoms with E-state index in [4.69, 9.17) is 5.84 Å². The van der Waals surface area contributed by atoms with Gasteiger partial charge in [-0.05, 0) is 13.0 Å². The Morgan fingerprint density at radius 1 is 1.64 bits per heavy atom. The Morgan fingerprint density at radius 2 is 2.50 bits per heavy atom. The average Bonchev–Trinajstić information content (AvgIpc) is 2.76. The van der Waals surface area contributed by atoms with Crippen molar-refractivity contribution in [2.75, 3.05) is 5.43 Å². The molecule has 0 aliphatic carbocycles. The minimum atomic E-state index is 0.587. The molecule has 0 spiro atoms. The normalized spacial score (nSPS) is 10.4. The Morgan fingerprint density at radius 3 is 3.14 bits per heavy atom. The third-order valence-corrected chi connectivity index (χ3v) is 2.47. The number of hydrogen-bond acceptors (Lipinski definition) is 6. The van der Waals surface area contributed by atoms with E-state index in [1.54, 1.807) is 4.68 Å². The van der Waals surface area contributed by atoms with Gasteiger partial charge in [0.2, 0.25) is 0 Å². The van der Waals surface area contributed by atoms with E-state index in [0.29, 0.717) is 6.54 Å². The summed E-state index contributed by atoms with van der Waals surface area (Å²) in [6.07, 6.45) is 1.90. The smallest absolute Gasteiger partial charge is 0.149 e. The van der Waals surface area contributed by atoms with Crippen molar-refractivity contribution in [3.63, 3.8) is 0 Å². The monoisotopic (exact) mass is 210 g/mol. The van der Waals surface area contributed by atoms with E-state index in [2.05, 4.69) is 20.1 Å².